The predicted octanol–water partition coefficient (Wildman–Crippen LogP) is 11.2. The molecule has 0 fully saturated rings. The van der Waals surface area contributed by atoms with E-state index in [2.05, 4.69) is 94.6 Å². The van der Waals surface area contributed by atoms with Gasteiger partial charge in [-0.1, -0.05) is 27.7 Å². The lowest BCUT2D eigenvalue weighted by molar-refractivity contribution is 0.00801. The van der Waals surface area contributed by atoms with Crippen LogP contribution in [0.3, 0.4) is 0 Å². The minimum atomic E-state index is -0.437. The van der Waals surface area contributed by atoms with Crippen molar-refractivity contribution in [3.05, 3.63) is 80.4 Å². The van der Waals surface area contributed by atoms with Crippen molar-refractivity contribution < 1.29 is 75.9 Å². The lowest BCUT2D eigenvalue weighted by atomic mass is 9.99. The maximum atomic E-state index is 13.8. The first-order valence-electron chi connectivity index (χ1n) is 34.2. The number of H-pyrrole nitrogens is 3. The van der Waals surface area contributed by atoms with Crippen LogP contribution in [0.5, 0.6) is 0 Å². The first-order chi connectivity index (χ1) is 46.4. The predicted molar refractivity (Wildman–Crippen MR) is 372 cm³/mol. The van der Waals surface area contributed by atoms with Crippen molar-refractivity contribution in [2.75, 3.05) is 200 Å². The number of amides is 2. The summed E-state index contributed by atoms with van der Waals surface area (Å²) in [4.78, 5) is 53.5. The van der Waals surface area contributed by atoms with Gasteiger partial charge in [-0.25, -0.2) is 19.6 Å². The highest BCUT2D eigenvalue weighted by atomic mass is 16.6. The Morgan fingerprint density at radius 2 is 0.758 bits per heavy atom. The fraction of sp³-hybridized carbons (Fsp3) is 0.639. The third-order valence-electron chi connectivity index (χ3n) is 17.0. The maximum absolute atomic E-state index is 13.8. The number of carbonyl (C=O) groups is 2. The molecule has 10 bridgehead atoms. The number of carbonyl (C=O) groups excluding carboxylic acids is 2. The Morgan fingerprint density at radius 1 is 0.368 bits per heavy atom. The zero-order valence-corrected chi connectivity index (χ0v) is 59.2. The van der Waals surface area contributed by atoms with Gasteiger partial charge >= 0.3 is 12.2 Å². The van der Waals surface area contributed by atoms with Crippen LogP contribution in [-0.2, 0) is 92.0 Å². The average molecular weight is 1330 g/mol. The Morgan fingerprint density at radius 3 is 1.21 bits per heavy atom. The summed E-state index contributed by atoms with van der Waals surface area (Å²) in [5.41, 5.74) is 21.0. The van der Waals surface area contributed by atoms with Gasteiger partial charge in [-0.15, -0.1) is 0 Å². The van der Waals surface area contributed by atoms with Crippen molar-refractivity contribution in [2.45, 2.75) is 107 Å². The second-order valence-electron chi connectivity index (χ2n) is 23.2. The molecule has 0 radical (unpaired) electrons. The van der Waals surface area contributed by atoms with Crippen LogP contribution in [0.15, 0.2) is 24.3 Å². The van der Waals surface area contributed by atoms with Crippen LogP contribution < -0.4 is 0 Å². The van der Waals surface area contributed by atoms with E-state index in [0.717, 1.165) is 115 Å². The van der Waals surface area contributed by atoms with Crippen LogP contribution in [-0.4, -0.2) is 247 Å². The molecule has 95 heavy (non-hydrogen) atoms. The van der Waals surface area contributed by atoms with Crippen LogP contribution in [0.4, 0.5) is 9.59 Å². The molecule has 0 aromatic carbocycles. The van der Waals surface area contributed by atoms with Crippen LogP contribution in [0.2, 0.25) is 0 Å². The SMILES string of the molecule is CCC1=C(C)c2nc1cc1nc(cc3[nH]c(cc4[nH]c(cc5[nH]c2c(C)c5CC)c(C)c4CCCOC(=O)N(CCOCCOCCOC)CCOCCOCCOC)c(CC)c3CC)C(CCCOC(=O)N(CCOCCOCCOC)CCOCCOCCOC)=C1C. The number of hydrogen-bond acceptors (Lipinski definition) is 18. The number of methoxy groups -OCH3 is 4. The normalized spacial score (nSPS) is 12.5. The van der Waals surface area contributed by atoms with Crippen molar-refractivity contribution in [3.8, 4) is 0 Å². The lowest BCUT2D eigenvalue weighted by Crippen LogP contribution is -2.37. The Balaban J connectivity index is 1.32. The van der Waals surface area contributed by atoms with E-state index in [9.17, 15) is 9.59 Å². The van der Waals surface area contributed by atoms with Crippen LogP contribution in [0, 0.1) is 13.8 Å². The summed E-state index contributed by atoms with van der Waals surface area (Å²) in [6.07, 6.45) is 4.70. The molecule has 0 saturated heterocycles. The van der Waals surface area contributed by atoms with Gasteiger partial charge in [0.2, 0.25) is 0 Å². The van der Waals surface area contributed by atoms with Gasteiger partial charge in [0.25, 0.3) is 0 Å². The molecule has 6 heterocycles. The lowest BCUT2D eigenvalue weighted by Gasteiger charge is -2.22. The molecule has 0 spiro atoms. The van der Waals surface area contributed by atoms with E-state index in [1.807, 2.05) is 0 Å². The van der Waals surface area contributed by atoms with Gasteiger partial charge in [0.05, 0.1) is 174 Å². The molecule has 6 rings (SSSR count). The smallest absolute Gasteiger partial charge is 0.409 e. The summed E-state index contributed by atoms with van der Waals surface area (Å²) in [5.74, 6) is 0. The van der Waals surface area contributed by atoms with Gasteiger partial charge in [0, 0.05) is 82.2 Å². The quantitative estimate of drug-likeness (QED) is 0.0348. The summed E-state index contributed by atoms with van der Waals surface area (Å²) in [6, 6.07) is 8.84. The molecular weight excluding hydrogens is 1220 g/mol. The topological polar surface area (TPSA) is 243 Å². The van der Waals surface area contributed by atoms with E-state index >= 15 is 0 Å². The molecule has 0 atom stereocenters. The summed E-state index contributed by atoms with van der Waals surface area (Å²) >= 11 is 0. The standard InChI is InChI=1S/C72H111N7O16/c1-13-55-53(7)69-70-54(8)56(14-2)64(77-70)48-62-52(6)60(20-18-26-95-72(81)79(23-29-88-41-45-92-37-33-84-11)24-30-89-42-46-93-38-34-85-12)68(74-62)50-66-58(16-4)57(15-3)65(75-66)49-67-59(51(5)61(73-67)47-63(55)76-69)19-17-25-94-71(80)78(21-27-86-39-43-90-35-31-82-9)22-28-87-40-44-91-36-32-83-10/h47-50,73,75-76H,13-46H2,1-12H3. The molecule has 3 N–H and O–H groups in total. The number of nitrogens with zero attached hydrogens (tertiary/aromatic N) is 4. The summed E-state index contributed by atoms with van der Waals surface area (Å²) in [7, 11) is 6.54. The van der Waals surface area contributed by atoms with E-state index in [0.29, 0.717) is 184 Å². The summed E-state index contributed by atoms with van der Waals surface area (Å²) < 4.78 is 77.9. The van der Waals surface area contributed by atoms with Gasteiger partial charge < -0.3 is 91.1 Å². The number of ether oxygens (including phenoxy) is 14. The minimum Gasteiger partial charge on any atom is -0.449 e. The second kappa shape index (κ2) is 44.0. The number of hydrogen-bond donors (Lipinski definition) is 3. The van der Waals surface area contributed by atoms with Crippen molar-refractivity contribution in [1.82, 2.24) is 34.7 Å². The van der Waals surface area contributed by atoms with E-state index in [1.54, 1.807) is 38.2 Å². The number of aromatic nitrogens is 5. The largest absolute Gasteiger partial charge is 0.449 e. The van der Waals surface area contributed by atoms with Crippen LogP contribution >= 0.6 is 0 Å². The molecule has 0 saturated carbocycles. The number of nitrogens with one attached hydrogen (secondary N) is 3. The van der Waals surface area contributed by atoms with E-state index < -0.39 is 12.2 Å². The highest BCUT2D eigenvalue weighted by Gasteiger charge is 2.25. The number of aromatic amines is 3. The molecule has 2 amide bonds. The van der Waals surface area contributed by atoms with E-state index in [-0.39, 0.29) is 13.2 Å². The molecule has 2 aliphatic heterocycles. The minimum absolute atomic E-state index is 0.191. The molecule has 23 nitrogen and oxygen atoms in total. The highest BCUT2D eigenvalue weighted by Crippen LogP contribution is 2.39. The second-order valence-corrected chi connectivity index (χ2v) is 23.2. The average Bonchev–Trinajstić information content (AvgIpc) is 1.62. The number of aryl methyl sites for hydroxylation is 6. The molecule has 4 aromatic rings. The number of rotatable bonds is 48. The Labute approximate surface area is 563 Å². The summed E-state index contributed by atoms with van der Waals surface area (Å²) in [5, 5.41) is 0. The molecular formula is C72H111N7O16. The highest BCUT2D eigenvalue weighted by molar-refractivity contribution is 5.98. The number of allylic oxidation sites excluding steroid dienone is 4. The van der Waals surface area contributed by atoms with Crippen LogP contribution in [0.1, 0.15) is 123 Å². The Hall–Kier alpha value is -6.06. The third kappa shape index (κ3) is 24.2. The van der Waals surface area contributed by atoms with Gasteiger partial charge in [-0.05, 0) is 159 Å². The Bertz CT molecular complexity index is 3200. The molecule has 2 aliphatic rings. The molecule has 23 heteroatoms. The molecule has 0 unspecified atom stereocenters. The van der Waals surface area contributed by atoms with Crippen molar-refractivity contribution in [1.29, 1.82) is 0 Å². The zero-order valence-electron chi connectivity index (χ0n) is 59.2. The van der Waals surface area contributed by atoms with Crippen molar-refractivity contribution in [2.24, 2.45) is 0 Å². The maximum Gasteiger partial charge on any atom is 0.409 e. The first-order valence-corrected chi connectivity index (χ1v) is 34.2. The van der Waals surface area contributed by atoms with E-state index in [4.69, 9.17) is 76.3 Å². The molecule has 0 aliphatic carbocycles. The first kappa shape index (κ1) is 77.9. The van der Waals surface area contributed by atoms with Crippen molar-refractivity contribution >= 4 is 67.6 Å². The van der Waals surface area contributed by atoms with E-state index in [1.165, 1.54) is 22.3 Å². The summed E-state index contributed by atoms with van der Waals surface area (Å²) in [6.45, 7) is 27.6. The van der Waals surface area contributed by atoms with Gasteiger partial charge in [0.15, 0.2) is 0 Å². The van der Waals surface area contributed by atoms with Gasteiger partial charge in [-0.2, -0.15) is 0 Å². The third-order valence-corrected chi connectivity index (χ3v) is 17.0. The van der Waals surface area contributed by atoms with Gasteiger partial charge in [0.1, 0.15) is 0 Å². The number of fused-ring (bicyclic) bond motifs is 11. The fourth-order valence-electron chi connectivity index (χ4n) is 11.7. The van der Waals surface area contributed by atoms with Gasteiger partial charge in [-0.3, -0.25) is 0 Å². The Kier molecular flexibility index (Phi) is 36.1. The fourth-order valence-corrected chi connectivity index (χ4v) is 11.7. The van der Waals surface area contributed by atoms with Crippen molar-refractivity contribution in [3.63, 3.8) is 0 Å². The van der Waals surface area contributed by atoms with Crippen LogP contribution in [0.25, 0.3) is 55.4 Å². The molecule has 530 valence electrons. The monoisotopic (exact) mass is 1330 g/mol. The zero-order chi connectivity index (χ0) is 68.2. The molecule has 4 aromatic heterocycles.